The lowest BCUT2D eigenvalue weighted by molar-refractivity contribution is 0.0157. The highest BCUT2D eigenvalue weighted by Crippen LogP contribution is 2.61. The minimum atomic E-state index is -0.0831. The Bertz CT molecular complexity index is 278. The summed E-state index contributed by atoms with van der Waals surface area (Å²) in [6, 6.07) is 2.63. The normalized spacial score (nSPS) is 45.5. The minimum Gasteiger partial charge on any atom is -0.379 e. The molecule has 1 saturated heterocycles. The number of morpholine rings is 1. The van der Waals surface area contributed by atoms with Crippen molar-refractivity contribution >= 4 is 0 Å². The number of fused-ring (bicyclic) bond motifs is 1. The van der Waals surface area contributed by atoms with E-state index in [0.717, 1.165) is 26.3 Å². The summed E-state index contributed by atoms with van der Waals surface area (Å²) in [5.74, 6) is 1.35. The molecule has 3 aliphatic rings. The summed E-state index contributed by atoms with van der Waals surface area (Å²) >= 11 is 0. The zero-order chi connectivity index (χ0) is 10.3. The van der Waals surface area contributed by atoms with Gasteiger partial charge in [0.1, 0.15) is 5.54 Å². The minimum absolute atomic E-state index is 0.0831. The van der Waals surface area contributed by atoms with E-state index in [1.54, 1.807) is 0 Å². The summed E-state index contributed by atoms with van der Waals surface area (Å²) in [6.45, 7) is 3.53. The second-order valence-electron chi connectivity index (χ2n) is 5.03. The van der Waals surface area contributed by atoms with E-state index in [4.69, 9.17) is 4.74 Å². The standard InChI is InChI=1S/C12H18N2O/c13-9-12(14-5-7-15-8-6-14)10-3-1-2-4-11(10)12/h10-11H,1-8H2. The van der Waals surface area contributed by atoms with Crippen molar-refractivity contribution in [3.63, 3.8) is 0 Å². The van der Waals surface area contributed by atoms with Crippen molar-refractivity contribution in [3.8, 4) is 6.07 Å². The highest BCUT2D eigenvalue weighted by molar-refractivity contribution is 5.30. The van der Waals surface area contributed by atoms with E-state index >= 15 is 0 Å². The smallest absolute Gasteiger partial charge is 0.115 e. The summed E-state index contributed by atoms with van der Waals surface area (Å²) in [6.07, 6.45) is 5.20. The Kier molecular flexibility index (Phi) is 2.22. The third kappa shape index (κ3) is 1.25. The number of nitriles is 1. The molecule has 0 aromatic heterocycles. The van der Waals surface area contributed by atoms with Crippen LogP contribution in [-0.4, -0.2) is 36.7 Å². The van der Waals surface area contributed by atoms with Gasteiger partial charge < -0.3 is 4.74 Å². The summed E-state index contributed by atoms with van der Waals surface area (Å²) in [4.78, 5) is 2.40. The van der Waals surface area contributed by atoms with Gasteiger partial charge in [-0.25, -0.2) is 0 Å². The van der Waals surface area contributed by atoms with Crippen LogP contribution in [0.15, 0.2) is 0 Å². The SMILES string of the molecule is N#CC1(N2CCOCC2)C2CCCCC21. The van der Waals surface area contributed by atoms with Gasteiger partial charge in [0, 0.05) is 13.1 Å². The Hall–Kier alpha value is -0.590. The largest absolute Gasteiger partial charge is 0.379 e. The molecule has 0 aromatic carbocycles. The van der Waals surface area contributed by atoms with Crippen molar-refractivity contribution in [2.24, 2.45) is 11.8 Å². The van der Waals surface area contributed by atoms with Gasteiger partial charge in [-0.15, -0.1) is 0 Å². The molecule has 3 rings (SSSR count). The topological polar surface area (TPSA) is 36.3 Å². The number of ether oxygens (including phenoxy) is 1. The van der Waals surface area contributed by atoms with Crippen LogP contribution in [0.5, 0.6) is 0 Å². The van der Waals surface area contributed by atoms with Gasteiger partial charge in [-0.3, -0.25) is 4.90 Å². The summed E-state index contributed by atoms with van der Waals surface area (Å²) in [7, 11) is 0. The fraction of sp³-hybridized carbons (Fsp3) is 0.917. The molecular formula is C12H18N2O. The van der Waals surface area contributed by atoms with Crippen molar-refractivity contribution in [2.75, 3.05) is 26.3 Å². The van der Waals surface area contributed by atoms with Gasteiger partial charge in [0.25, 0.3) is 0 Å². The molecule has 15 heavy (non-hydrogen) atoms. The Morgan fingerprint density at radius 1 is 1.13 bits per heavy atom. The molecule has 1 heterocycles. The summed E-state index contributed by atoms with van der Waals surface area (Å²) < 4.78 is 5.37. The Morgan fingerprint density at radius 3 is 2.27 bits per heavy atom. The maximum atomic E-state index is 9.51. The number of rotatable bonds is 1. The van der Waals surface area contributed by atoms with E-state index < -0.39 is 0 Å². The van der Waals surface area contributed by atoms with E-state index in [1.807, 2.05) is 0 Å². The molecule has 0 N–H and O–H groups in total. The van der Waals surface area contributed by atoms with Crippen LogP contribution in [0.4, 0.5) is 0 Å². The summed E-state index contributed by atoms with van der Waals surface area (Å²) in [5, 5.41) is 9.51. The molecule has 0 amide bonds. The molecule has 2 saturated carbocycles. The van der Waals surface area contributed by atoms with Gasteiger partial charge in [-0.05, 0) is 24.7 Å². The van der Waals surface area contributed by atoms with Crippen molar-refractivity contribution < 1.29 is 4.74 Å². The van der Waals surface area contributed by atoms with Crippen LogP contribution in [-0.2, 0) is 4.74 Å². The van der Waals surface area contributed by atoms with Crippen LogP contribution in [0.1, 0.15) is 25.7 Å². The van der Waals surface area contributed by atoms with Crippen LogP contribution in [0.3, 0.4) is 0 Å². The molecule has 2 unspecified atom stereocenters. The van der Waals surface area contributed by atoms with E-state index in [9.17, 15) is 5.26 Å². The first-order valence-corrected chi connectivity index (χ1v) is 6.13. The quantitative estimate of drug-likeness (QED) is 0.650. The zero-order valence-electron chi connectivity index (χ0n) is 9.11. The molecular weight excluding hydrogens is 188 g/mol. The molecule has 2 aliphatic carbocycles. The fourth-order valence-electron chi connectivity index (χ4n) is 3.73. The highest BCUT2D eigenvalue weighted by Gasteiger charge is 2.68. The molecule has 0 radical (unpaired) electrons. The van der Waals surface area contributed by atoms with Gasteiger partial charge in [-0.2, -0.15) is 5.26 Å². The molecule has 82 valence electrons. The molecule has 3 nitrogen and oxygen atoms in total. The van der Waals surface area contributed by atoms with Crippen LogP contribution < -0.4 is 0 Å². The molecule has 3 fully saturated rings. The lowest BCUT2D eigenvalue weighted by Crippen LogP contribution is -2.46. The lowest BCUT2D eigenvalue weighted by Gasteiger charge is -2.32. The average Bonchev–Trinajstić information content (AvgIpc) is 3.00. The van der Waals surface area contributed by atoms with Crippen LogP contribution in [0, 0.1) is 23.2 Å². The predicted molar refractivity (Wildman–Crippen MR) is 56.2 cm³/mol. The van der Waals surface area contributed by atoms with Crippen molar-refractivity contribution in [2.45, 2.75) is 31.2 Å². The van der Waals surface area contributed by atoms with Gasteiger partial charge in [0.2, 0.25) is 0 Å². The van der Waals surface area contributed by atoms with Gasteiger partial charge in [0.05, 0.1) is 19.3 Å². The molecule has 1 aliphatic heterocycles. The number of hydrogen-bond donors (Lipinski definition) is 0. The fourth-order valence-corrected chi connectivity index (χ4v) is 3.73. The monoisotopic (exact) mass is 206 g/mol. The second-order valence-corrected chi connectivity index (χ2v) is 5.03. The Balaban J connectivity index is 1.79. The maximum absolute atomic E-state index is 9.51. The van der Waals surface area contributed by atoms with Crippen LogP contribution in [0.25, 0.3) is 0 Å². The van der Waals surface area contributed by atoms with Crippen molar-refractivity contribution in [1.82, 2.24) is 4.90 Å². The molecule has 3 heteroatoms. The van der Waals surface area contributed by atoms with Crippen molar-refractivity contribution in [1.29, 1.82) is 5.26 Å². The third-order valence-corrected chi connectivity index (χ3v) is 4.50. The molecule has 0 bridgehead atoms. The third-order valence-electron chi connectivity index (χ3n) is 4.50. The van der Waals surface area contributed by atoms with Gasteiger partial charge >= 0.3 is 0 Å². The van der Waals surface area contributed by atoms with E-state index in [1.165, 1.54) is 25.7 Å². The first kappa shape index (κ1) is 9.62. The van der Waals surface area contributed by atoms with E-state index in [-0.39, 0.29) is 5.54 Å². The van der Waals surface area contributed by atoms with Gasteiger partial charge in [0.15, 0.2) is 0 Å². The Morgan fingerprint density at radius 2 is 1.73 bits per heavy atom. The first-order valence-electron chi connectivity index (χ1n) is 6.13. The van der Waals surface area contributed by atoms with Crippen LogP contribution in [0.2, 0.25) is 0 Å². The second kappa shape index (κ2) is 3.47. The van der Waals surface area contributed by atoms with E-state index in [2.05, 4.69) is 11.0 Å². The predicted octanol–water partition coefficient (Wildman–Crippen LogP) is 1.40. The first-order chi connectivity index (χ1) is 7.39. The summed E-state index contributed by atoms with van der Waals surface area (Å²) in [5.41, 5.74) is -0.0831. The van der Waals surface area contributed by atoms with Gasteiger partial charge in [-0.1, -0.05) is 12.8 Å². The molecule has 0 spiro atoms. The van der Waals surface area contributed by atoms with E-state index in [0.29, 0.717) is 11.8 Å². The number of hydrogen-bond acceptors (Lipinski definition) is 3. The highest BCUT2D eigenvalue weighted by atomic mass is 16.5. The maximum Gasteiger partial charge on any atom is 0.115 e. The van der Waals surface area contributed by atoms with Crippen LogP contribution >= 0.6 is 0 Å². The zero-order valence-corrected chi connectivity index (χ0v) is 9.11. The Labute approximate surface area is 91.0 Å². The number of nitrogens with zero attached hydrogens (tertiary/aromatic N) is 2. The average molecular weight is 206 g/mol. The molecule has 0 aromatic rings. The lowest BCUT2D eigenvalue weighted by atomic mass is 10.0. The van der Waals surface area contributed by atoms with Crippen molar-refractivity contribution in [3.05, 3.63) is 0 Å². The molecule has 2 atom stereocenters.